The van der Waals surface area contributed by atoms with Crippen LogP contribution in [0, 0.1) is 0 Å². The Morgan fingerprint density at radius 3 is 2.14 bits per heavy atom. The highest BCUT2D eigenvalue weighted by Gasteiger charge is 2.37. The van der Waals surface area contributed by atoms with Gasteiger partial charge in [0.25, 0.3) is 5.91 Å². The van der Waals surface area contributed by atoms with Gasteiger partial charge in [-0.15, -0.1) is 0 Å². The number of nitrogens with zero attached hydrogens (tertiary/aromatic N) is 2. The fourth-order valence-corrected chi connectivity index (χ4v) is 2.69. The zero-order chi connectivity index (χ0) is 20.7. The number of aromatic nitrogens is 2. The van der Waals surface area contributed by atoms with E-state index in [9.17, 15) is 31.1 Å². The highest BCUT2D eigenvalue weighted by Crippen LogP contribution is 2.36. The van der Waals surface area contributed by atoms with Crippen LogP contribution in [-0.2, 0) is 18.9 Å². The van der Waals surface area contributed by atoms with Crippen LogP contribution in [0.4, 0.5) is 32.0 Å². The van der Waals surface area contributed by atoms with Gasteiger partial charge in [-0.2, -0.15) is 31.4 Å². The smallest absolute Gasteiger partial charge is 0.322 e. The van der Waals surface area contributed by atoms with Gasteiger partial charge < -0.3 is 5.32 Å². The topological polar surface area (TPSA) is 46.9 Å². The summed E-state index contributed by atoms with van der Waals surface area (Å²) in [5.74, 6) is -1.08. The number of carbonyl (C=O) groups excluding carboxylic acids is 1. The van der Waals surface area contributed by atoms with Crippen molar-refractivity contribution in [2.24, 2.45) is 0 Å². The lowest BCUT2D eigenvalue weighted by Crippen LogP contribution is -2.17. The molecule has 1 N–H and O–H groups in total. The predicted octanol–water partition coefficient (Wildman–Crippen LogP) is 5.35. The minimum Gasteiger partial charge on any atom is -0.322 e. The number of hydrogen-bond donors (Lipinski definition) is 1. The minimum atomic E-state index is -5.02. The third-order valence-electron chi connectivity index (χ3n) is 4.05. The van der Waals surface area contributed by atoms with Crippen molar-refractivity contribution in [3.05, 3.63) is 59.3 Å². The molecule has 148 valence electrons. The molecule has 0 saturated carbocycles. The SMILES string of the molecule is CCn1ncc2ccc(NC(=O)c3cc(C(F)(F)F)cc(C(F)(F)F)c3)cc21. The van der Waals surface area contributed by atoms with Gasteiger partial charge in [0.15, 0.2) is 0 Å². The summed E-state index contributed by atoms with van der Waals surface area (Å²) < 4.78 is 79.3. The average molecular weight is 401 g/mol. The number of halogens is 6. The van der Waals surface area contributed by atoms with Crippen LogP contribution in [-0.4, -0.2) is 15.7 Å². The molecule has 0 saturated heterocycles. The number of hydrogen-bond acceptors (Lipinski definition) is 2. The largest absolute Gasteiger partial charge is 0.416 e. The van der Waals surface area contributed by atoms with Crippen LogP contribution in [0.3, 0.4) is 0 Å². The van der Waals surface area contributed by atoms with Gasteiger partial charge in [0.2, 0.25) is 0 Å². The molecule has 1 heterocycles. The predicted molar refractivity (Wildman–Crippen MR) is 89.8 cm³/mol. The number of rotatable bonds is 3. The number of benzene rings is 2. The van der Waals surface area contributed by atoms with Gasteiger partial charge in [-0.1, -0.05) is 0 Å². The average Bonchev–Trinajstić information content (AvgIpc) is 3.02. The van der Waals surface area contributed by atoms with Crippen LogP contribution >= 0.6 is 0 Å². The summed E-state index contributed by atoms with van der Waals surface area (Å²) in [6.45, 7) is 2.39. The minimum absolute atomic E-state index is 0.0252. The molecule has 3 rings (SSSR count). The maximum absolute atomic E-state index is 12.9. The maximum atomic E-state index is 12.9. The van der Waals surface area contributed by atoms with E-state index in [0.29, 0.717) is 24.2 Å². The molecule has 28 heavy (non-hydrogen) atoms. The van der Waals surface area contributed by atoms with Crippen molar-refractivity contribution < 1.29 is 31.1 Å². The molecule has 1 aromatic heterocycles. The normalized spacial score (nSPS) is 12.4. The van der Waals surface area contributed by atoms with E-state index < -0.39 is 35.0 Å². The van der Waals surface area contributed by atoms with Gasteiger partial charge in [0, 0.05) is 23.2 Å². The number of alkyl halides is 6. The Kier molecular flexibility index (Phi) is 4.82. The van der Waals surface area contributed by atoms with E-state index in [1.807, 2.05) is 6.92 Å². The number of carbonyl (C=O) groups is 1. The van der Waals surface area contributed by atoms with E-state index in [-0.39, 0.29) is 11.8 Å². The van der Waals surface area contributed by atoms with Crippen molar-refractivity contribution in [1.82, 2.24) is 9.78 Å². The Labute approximate surface area is 154 Å². The number of nitrogens with one attached hydrogen (secondary N) is 1. The first kappa shape index (κ1) is 19.7. The van der Waals surface area contributed by atoms with Crippen molar-refractivity contribution in [2.75, 3.05) is 5.32 Å². The Balaban J connectivity index is 1.98. The van der Waals surface area contributed by atoms with E-state index in [4.69, 9.17) is 0 Å². The summed E-state index contributed by atoms with van der Waals surface area (Å²) in [5, 5.41) is 7.23. The third-order valence-corrected chi connectivity index (χ3v) is 4.05. The van der Waals surface area contributed by atoms with Gasteiger partial charge in [-0.3, -0.25) is 9.48 Å². The lowest BCUT2D eigenvalue weighted by atomic mass is 10.0. The van der Waals surface area contributed by atoms with Crippen LogP contribution < -0.4 is 5.32 Å². The highest BCUT2D eigenvalue weighted by molar-refractivity contribution is 6.05. The second-order valence-corrected chi connectivity index (χ2v) is 5.98. The Morgan fingerprint density at radius 1 is 1.00 bits per heavy atom. The molecule has 0 fully saturated rings. The van der Waals surface area contributed by atoms with Crippen LogP contribution in [0.1, 0.15) is 28.4 Å². The Bertz CT molecular complexity index is 1000. The van der Waals surface area contributed by atoms with Crippen LogP contribution in [0.15, 0.2) is 42.6 Å². The molecule has 1 amide bonds. The van der Waals surface area contributed by atoms with Crippen LogP contribution in [0.2, 0.25) is 0 Å². The zero-order valence-electron chi connectivity index (χ0n) is 14.3. The fraction of sp³-hybridized carbons (Fsp3) is 0.222. The monoisotopic (exact) mass is 401 g/mol. The van der Waals surface area contributed by atoms with Crippen LogP contribution in [0.5, 0.6) is 0 Å². The van der Waals surface area contributed by atoms with Gasteiger partial charge in [0.05, 0.1) is 22.8 Å². The van der Waals surface area contributed by atoms with Crippen molar-refractivity contribution in [3.8, 4) is 0 Å². The second-order valence-electron chi connectivity index (χ2n) is 5.98. The molecule has 0 spiro atoms. The maximum Gasteiger partial charge on any atom is 0.416 e. The lowest BCUT2D eigenvalue weighted by Gasteiger charge is -2.14. The summed E-state index contributed by atoms with van der Waals surface area (Å²) in [7, 11) is 0. The number of anilines is 1. The van der Waals surface area contributed by atoms with E-state index in [2.05, 4.69) is 10.4 Å². The molecule has 10 heteroatoms. The molecular formula is C18H13F6N3O. The number of amides is 1. The van der Waals surface area contributed by atoms with Crippen molar-refractivity contribution >= 4 is 22.5 Å². The molecule has 0 aliphatic rings. The summed E-state index contributed by atoms with van der Waals surface area (Å²) in [4.78, 5) is 12.3. The molecule has 0 atom stereocenters. The molecule has 2 aromatic carbocycles. The van der Waals surface area contributed by atoms with Gasteiger partial charge >= 0.3 is 12.4 Å². The molecule has 0 radical (unpaired) electrons. The first-order chi connectivity index (χ1) is 13.0. The highest BCUT2D eigenvalue weighted by atomic mass is 19.4. The number of fused-ring (bicyclic) bond motifs is 1. The first-order valence-corrected chi connectivity index (χ1v) is 8.05. The van der Waals surface area contributed by atoms with Crippen molar-refractivity contribution in [3.63, 3.8) is 0 Å². The molecule has 0 unspecified atom stereocenters. The lowest BCUT2D eigenvalue weighted by molar-refractivity contribution is -0.143. The van der Waals surface area contributed by atoms with Crippen molar-refractivity contribution in [2.45, 2.75) is 25.8 Å². The van der Waals surface area contributed by atoms with E-state index in [1.54, 1.807) is 23.0 Å². The Hall–Kier alpha value is -3.04. The third kappa shape index (κ3) is 3.95. The summed E-state index contributed by atoms with van der Waals surface area (Å²) in [6, 6.07) is 5.42. The molecule has 0 aliphatic carbocycles. The van der Waals surface area contributed by atoms with E-state index in [0.717, 1.165) is 5.39 Å². The standard InChI is InChI=1S/C18H13F6N3O/c1-2-27-15-8-14(4-3-10(15)9-25-27)26-16(28)11-5-12(17(19,20)21)7-13(6-11)18(22,23)24/h3-9H,2H2,1H3,(H,26,28). The molecular weight excluding hydrogens is 388 g/mol. The summed E-state index contributed by atoms with van der Waals surface area (Å²) in [5.41, 5.74) is -2.95. The van der Waals surface area contributed by atoms with E-state index >= 15 is 0 Å². The molecule has 3 aromatic rings. The fourth-order valence-electron chi connectivity index (χ4n) is 2.69. The second kappa shape index (κ2) is 6.84. The Morgan fingerprint density at radius 2 is 1.61 bits per heavy atom. The van der Waals surface area contributed by atoms with Gasteiger partial charge in [-0.05, 0) is 43.3 Å². The summed E-state index contributed by atoms with van der Waals surface area (Å²) >= 11 is 0. The molecule has 0 aliphatic heterocycles. The quantitative estimate of drug-likeness (QED) is 0.602. The van der Waals surface area contributed by atoms with Gasteiger partial charge in [0.1, 0.15) is 0 Å². The summed E-state index contributed by atoms with van der Waals surface area (Å²) in [6.07, 6.45) is -8.45. The van der Waals surface area contributed by atoms with Crippen molar-refractivity contribution in [1.29, 1.82) is 0 Å². The zero-order valence-corrected chi connectivity index (χ0v) is 14.3. The molecule has 4 nitrogen and oxygen atoms in total. The molecule has 0 bridgehead atoms. The first-order valence-electron chi connectivity index (χ1n) is 8.05. The van der Waals surface area contributed by atoms with Gasteiger partial charge in [-0.25, -0.2) is 0 Å². The van der Waals surface area contributed by atoms with Crippen LogP contribution in [0.25, 0.3) is 10.9 Å². The van der Waals surface area contributed by atoms with E-state index in [1.165, 1.54) is 6.07 Å². The number of aryl methyl sites for hydroxylation is 1.